The SMILES string of the molecule is C=C(Nc1nc(-c2ccccc2)cs1)[C@H](CCCCCC(=O)NO)NC.O=CC(O)c1ccc(Cl)cc1. The maximum atomic E-state index is 11.0. The Bertz CT molecular complexity index is 1110. The lowest BCUT2D eigenvalue weighted by molar-refractivity contribution is -0.129. The maximum Gasteiger partial charge on any atom is 0.243 e. The minimum absolute atomic E-state index is 0.130. The van der Waals surface area contributed by atoms with Crippen LogP contribution >= 0.6 is 22.9 Å². The van der Waals surface area contributed by atoms with Crippen molar-refractivity contribution < 1.29 is 19.9 Å². The summed E-state index contributed by atoms with van der Waals surface area (Å²) in [6.45, 7) is 4.14. The molecule has 0 fully saturated rings. The Labute approximate surface area is 226 Å². The van der Waals surface area contributed by atoms with Gasteiger partial charge in [0.25, 0.3) is 0 Å². The van der Waals surface area contributed by atoms with E-state index in [-0.39, 0.29) is 11.9 Å². The van der Waals surface area contributed by atoms with Crippen LogP contribution in [0.5, 0.6) is 0 Å². The maximum absolute atomic E-state index is 11.0. The van der Waals surface area contributed by atoms with E-state index in [0.717, 1.165) is 47.8 Å². The fourth-order valence-electron chi connectivity index (χ4n) is 3.40. The van der Waals surface area contributed by atoms with Gasteiger partial charge in [-0.05, 0) is 37.6 Å². The zero-order chi connectivity index (χ0) is 27.0. The Morgan fingerprint density at radius 3 is 2.46 bits per heavy atom. The molecule has 1 unspecified atom stereocenters. The van der Waals surface area contributed by atoms with Crippen LogP contribution in [0.25, 0.3) is 11.3 Å². The number of hydroxylamine groups is 1. The van der Waals surface area contributed by atoms with Crippen LogP contribution in [0, 0.1) is 0 Å². The topological polar surface area (TPSA) is 124 Å². The number of nitrogens with one attached hydrogen (secondary N) is 3. The third-order valence-corrected chi connectivity index (χ3v) is 6.48. The van der Waals surface area contributed by atoms with Crippen LogP contribution in [0.1, 0.15) is 43.8 Å². The number of likely N-dealkylation sites (N-methyl/N-ethyl adjacent to an activating group) is 1. The molecule has 0 spiro atoms. The summed E-state index contributed by atoms with van der Waals surface area (Å²) in [5.41, 5.74) is 5.15. The van der Waals surface area contributed by atoms with Crippen molar-refractivity contribution in [2.45, 2.75) is 44.2 Å². The molecule has 3 aromatic rings. The van der Waals surface area contributed by atoms with E-state index in [4.69, 9.17) is 21.9 Å². The van der Waals surface area contributed by atoms with Crippen molar-refractivity contribution >= 4 is 40.3 Å². The second-order valence-electron chi connectivity index (χ2n) is 8.16. The van der Waals surface area contributed by atoms with Crippen LogP contribution in [-0.2, 0) is 9.59 Å². The summed E-state index contributed by atoms with van der Waals surface area (Å²) in [5.74, 6) is -0.334. The number of rotatable bonds is 13. The van der Waals surface area contributed by atoms with E-state index in [1.54, 1.807) is 41.1 Å². The Morgan fingerprint density at radius 1 is 1.14 bits per heavy atom. The first-order valence-corrected chi connectivity index (χ1v) is 13.1. The molecule has 2 aromatic carbocycles. The molecule has 0 aliphatic heterocycles. The minimum atomic E-state index is -1.03. The summed E-state index contributed by atoms with van der Waals surface area (Å²) >= 11 is 7.15. The minimum Gasteiger partial charge on any atom is -0.381 e. The van der Waals surface area contributed by atoms with Gasteiger partial charge in [-0.3, -0.25) is 10.0 Å². The monoisotopic (exact) mass is 544 g/mol. The van der Waals surface area contributed by atoms with Crippen LogP contribution in [0.15, 0.2) is 72.3 Å². The molecule has 198 valence electrons. The van der Waals surface area contributed by atoms with Crippen molar-refractivity contribution in [1.29, 1.82) is 0 Å². The Balaban J connectivity index is 0.000000364. The molecule has 1 aromatic heterocycles. The van der Waals surface area contributed by atoms with Gasteiger partial charge in [-0.25, -0.2) is 10.5 Å². The lowest BCUT2D eigenvalue weighted by Crippen LogP contribution is -2.30. The van der Waals surface area contributed by atoms with Crippen molar-refractivity contribution in [3.05, 3.63) is 82.8 Å². The Kier molecular flexibility index (Phi) is 13.5. The number of aliphatic hydroxyl groups is 1. The molecule has 1 heterocycles. The Hall–Kier alpha value is -3.08. The van der Waals surface area contributed by atoms with Gasteiger partial charge < -0.3 is 20.5 Å². The normalized spacial score (nSPS) is 12.0. The molecule has 0 saturated heterocycles. The zero-order valence-electron chi connectivity index (χ0n) is 20.7. The number of carbonyl (C=O) groups excluding carboxylic acids is 2. The molecule has 10 heteroatoms. The van der Waals surface area contributed by atoms with Crippen LogP contribution in [-0.4, -0.2) is 40.6 Å². The van der Waals surface area contributed by atoms with E-state index < -0.39 is 6.10 Å². The van der Waals surface area contributed by atoms with Crippen LogP contribution in [0.2, 0.25) is 5.02 Å². The summed E-state index contributed by atoms with van der Waals surface area (Å²) in [5, 5.41) is 27.5. The fraction of sp³-hybridized carbons (Fsp3) is 0.296. The number of thiazole rings is 1. The summed E-state index contributed by atoms with van der Waals surface area (Å²) in [6.07, 6.45) is 3.36. The molecule has 0 bridgehead atoms. The molecule has 8 nitrogen and oxygen atoms in total. The third-order valence-electron chi connectivity index (χ3n) is 5.47. The third kappa shape index (κ3) is 10.8. The number of unbranched alkanes of at least 4 members (excludes halogenated alkanes) is 2. The van der Waals surface area contributed by atoms with E-state index in [0.29, 0.717) is 23.3 Å². The van der Waals surface area contributed by atoms with Gasteiger partial charge in [-0.1, -0.05) is 73.5 Å². The summed E-state index contributed by atoms with van der Waals surface area (Å²) in [7, 11) is 1.91. The number of aldehydes is 1. The van der Waals surface area contributed by atoms with Gasteiger partial charge in [0.05, 0.1) is 5.69 Å². The highest BCUT2D eigenvalue weighted by atomic mass is 35.5. The molecule has 0 aliphatic rings. The molecule has 0 radical (unpaired) electrons. The van der Waals surface area contributed by atoms with Crippen LogP contribution < -0.4 is 16.1 Å². The molecule has 0 aliphatic carbocycles. The van der Waals surface area contributed by atoms with E-state index in [2.05, 4.69) is 22.2 Å². The zero-order valence-corrected chi connectivity index (χ0v) is 22.3. The van der Waals surface area contributed by atoms with Gasteiger partial charge >= 0.3 is 0 Å². The number of aromatic nitrogens is 1. The van der Waals surface area contributed by atoms with Gasteiger partial charge in [-0.15, -0.1) is 11.3 Å². The van der Waals surface area contributed by atoms with Crippen molar-refractivity contribution in [3.63, 3.8) is 0 Å². The standard InChI is InChI=1S/C19H26N4O2S.C8H7ClO2/c1-14(16(20-2)11-7-4-8-12-18(24)23-25)21-19-22-17(13-26-19)15-9-5-3-6-10-15;9-7-3-1-6(2-4-7)8(11)5-10/h3,5-6,9-10,13,16,20,25H,1,4,7-8,11-12H2,2H3,(H,21,22)(H,23,24);1-5,8,11H/t16-;/m0./s1. The fourth-order valence-corrected chi connectivity index (χ4v) is 4.27. The number of anilines is 1. The molecule has 3 rings (SSSR count). The van der Waals surface area contributed by atoms with Gasteiger partial charge in [0.1, 0.15) is 6.10 Å². The predicted molar refractivity (Wildman–Crippen MR) is 149 cm³/mol. The molecule has 2 atom stereocenters. The van der Waals surface area contributed by atoms with Crippen LogP contribution in [0.4, 0.5) is 5.13 Å². The number of aliphatic hydroxyl groups excluding tert-OH is 1. The van der Waals surface area contributed by atoms with E-state index in [9.17, 15) is 9.59 Å². The van der Waals surface area contributed by atoms with Gasteiger partial charge in [0, 0.05) is 34.1 Å². The van der Waals surface area contributed by atoms with Crippen molar-refractivity contribution in [2.75, 3.05) is 12.4 Å². The smallest absolute Gasteiger partial charge is 0.243 e. The summed E-state index contributed by atoms with van der Waals surface area (Å²) in [4.78, 5) is 25.7. The second-order valence-corrected chi connectivity index (χ2v) is 9.46. The predicted octanol–water partition coefficient (Wildman–Crippen LogP) is 5.35. The highest BCUT2D eigenvalue weighted by Crippen LogP contribution is 2.26. The number of hydrogen-bond donors (Lipinski definition) is 5. The van der Waals surface area contributed by atoms with Crippen molar-refractivity contribution in [3.8, 4) is 11.3 Å². The molecule has 0 saturated carbocycles. The molecule has 1 amide bonds. The molecular weight excluding hydrogens is 512 g/mol. The van der Waals surface area contributed by atoms with Crippen molar-refractivity contribution in [2.24, 2.45) is 0 Å². The van der Waals surface area contributed by atoms with Crippen molar-refractivity contribution in [1.82, 2.24) is 15.8 Å². The first kappa shape index (κ1) is 30.1. The van der Waals surface area contributed by atoms with E-state index >= 15 is 0 Å². The largest absolute Gasteiger partial charge is 0.381 e. The van der Waals surface area contributed by atoms with E-state index in [1.807, 2.05) is 42.8 Å². The van der Waals surface area contributed by atoms with Gasteiger partial charge in [-0.2, -0.15) is 0 Å². The highest BCUT2D eigenvalue weighted by Gasteiger charge is 2.13. The van der Waals surface area contributed by atoms with Gasteiger partial charge in [0.2, 0.25) is 5.91 Å². The van der Waals surface area contributed by atoms with E-state index in [1.165, 1.54) is 0 Å². The summed E-state index contributed by atoms with van der Waals surface area (Å²) < 4.78 is 0. The first-order chi connectivity index (χ1) is 17.9. The number of amides is 1. The highest BCUT2D eigenvalue weighted by molar-refractivity contribution is 7.14. The number of nitrogens with zero attached hydrogens (tertiary/aromatic N) is 1. The Morgan fingerprint density at radius 2 is 1.84 bits per heavy atom. The number of benzene rings is 2. The molecule has 37 heavy (non-hydrogen) atoms. The lowest BCUT2D eigenvalue weighted by Gasteiger charge is -2.19. The second kappa shape index (κ2) is 16.6. The first-order valence-electron chi connectivity index (χ1n) is 11.8. The van der Waals surface area contributed by atoms with Gasteiger partial charge in [0.15, 0.2) is 11.4 Å². The number of carbonyl (C=O) groups is 2. The number of hydrogen-bond acceptors (Lipinski definition) is 8. The molecule has 5 N–H and O–H groups in total. The quantitative estimate of drug-likeness (QED) is 0.0850. The average Bonchev–Trinajstić information content (AvgIpc) is 3.39. The number of halogens is 1. The van der Waals surface area contributed by atoms with Crippen LogP contribution in [0.3, 0.4) is 0 Å². The average molecular weight is 545 g/mol. The summed E-state index contributed by atoms with van der Waals surface area (Å²) in [6, 6.07) is 16.7. The molecular formula is C27H33ClN4O4S. The lowest BCUT2D eigenvalue weighted by atomic mass is 10.1.